The van der Waals surface area contributed by atoms with Crippen molar-refractivity contribution in [3.8, 4) is 16.9 Å². The molecule has 0 unspecified atom stereocenters. The molecule has 168 valence electrons. The van der Waals surface area contributed by atoms with E-state index in [0.717, 1.165) is 27.6 Å². The van der Waals surface area contributed by atoms with Gasteiger partial charge in [0.25, 0.3) is 0 Å². The summed E-state index contributed by atoms with van der Waals surface area (Å²) in [6.07, 6.45) is 3.14. The molecule has 0 aliphatic heterocycles. The first-order chi connectivity index (χ1) is 15.9. The fourth-order valence-corrected chi connectivity index (χ4v) is 3.61. The smallest absolute Gasteiger partial charge is 0.244 e. The molecule has 0 bridgehead atoms. The molecule has 4 nitrogen and oxygen atoms in total. The van der Waals surface area contributed by atoms with Gasteiger partial charge in [0, 0.05) is 35.2 Å². The maximum absolute atomic E-state index is 13.4. The molecule has 4 rings (SSSR count). The van der Waals surface area contributed by atoms with Gasteiger partial charge in [0.2, 0.25) is 5.91 Å². The number of rotatable bonds is 7. The summed E-state index contributed by atoms with van der Waals surface area (Å²) in [7, 11) is 0. The molecule has 0 spiro atoms. The topological polar surface area (TPSA) is 51.5 Å². The maximum atomic E-state index is 13.4. The first-order valence-electron chi connectivity index (χ1n) is 10.6. The molecule has 6 heteroatoms. The predicted octanol–water partition coefficient (Wildman–Crippen LogP) is 6.50. The molecule has 0 aliphatic rings. The molecule has 1 aromatic heterocycles. The van der Waals surface area contributed by atoms with Crippen LogP contribution < -0.4 is 10.1 Å². The van der Waals surface area contributed by atoms with Gasteiger partial charge < -0.3 is 14.5 Å². The highest BCUT2D eigenvalue weighted by molar-refractivity contribution is 6.00. The Morgan fingerprint density at radius 3 is 2.36 bits per heavy atom. The maximum Gasteiger partial charge on any atom is 0.244 e. The van der Waals surface area contributed by atoms with Crippen molar-refractivity contribution in [2.45, 2.75) is 20.4 Å². The van der Waals surface area contributed by atoms with Crippen molar-refractivity contribution in [1.82, 2.24) is 5.32 Å². The van der Waals surface area contributed by atoms with Crippen molar-refractivity contribution in [1.29, 1.82) is 0 Å². The molecule has 3 aromatic carbocycles. The van der Waals surface area contributed by atoms with Crippen molar-refractivity contribution in [2.75, 3.05) is 6.61 Å². The summed E-state index contributed by atoms with van der Waals surface area (Å²) in [5, 5.41) is 3.65. The number of fused-ring (bicyclic) bond motifs is 1. The molecule has 4 aromatic rings. The predicted molar refractivity (Wildman–Crippen MR) is 125 cm³/mol. The van der Waals surface area contributed by atoms with Crippen LogP contribution in [0.25, 0.3) is 27.7 Å². The highest BCUT2D eigenvalue weighted by Gasteiger charge is 2.15. The van der Waals surface area contributed by atoms with Gasteiger partial charge in [0.1, 0.15) is 23.0 Å². The molecule has 33 heavy (non-hydrogen) atoms. The van der Waals surface area contributed by atoms with Crippen LogP contribution in [0, 0.1) is 11.6 Å². The number of furan rings is 1. The van der Waals surface area contributed by atoms with E-state index in [0.29, 0.717) is 23.5 Å². The van der Waals surface area contributed by atoms with Crippen molar-refractivity contribution in [3.05, 3.63) is 95.8 Å². The second kappa shape index (κ2) is 9.69. The van der Waals surface area contributed by atoms with Crippen molar-refractivity contribution in [2.24, 2.45) is 0 Å². The van der Waals surface area contributed by atoms with E-state index >= 15 is 0 Å². The Morgan fingerprint density at radius 1 is 1.03 bits per heavy atom. The van der Waals surface area contributed by atoms with Crippen LogP contribution in [0.5, 0.6) is 5.75 Å². The van der Waals surface area contributed by atoms with E-state index in [-0.39, 0.29) is 24.1 Å². The molecular formula is C27H23F2NO3. The van der Waals surface area contributed by atoms with Crippen LogP contribution in [0.15, 0.2) is 77.4 Å². The zero-order valence-corrected chi connectivity index (χ0v) is 18.3. The lowest BCUT2D eigenvalue weighted by Crippen LogP contribution is -2.20. The third-order valence-electron chi connectivity index (χ3n) is 5.28. The average Bonchev–Trinajstić information content (AvgIpc) is 3.21. The number of carbonyl (C=O) groups is 1. The number of allylic oxidation sites excluding steroid dienone is 1. The SMILES string of the molecule is CCOc1cc2occ(-c3ccc(F)cc3)c2cc1/C(C)=C/C(=O)NCc1ccc(F)cc1. The van der Waals surface area contributed by atoms with E-state index in [2.05, 4.69) is 5.32 Å². The highest BCUT2D eigenvalue weighted by atomic mass is 19.1. The summed E-state index contributed by atoms with van der Waals surface area (Å²) in [5.41, 5.74) is 4.55. The third-order valence-corrected chi connectivity index (χ3v) is 5.28. The van der Waals surface area contributed by atoms with Gasteiger partial charge in [-0.2, -0.15) is 0 Å². The van der Waals surface area contributed by atoms with Gasteiger partial charge in [-0.25, -0.2) is 8.78 Å². The van der Waals surface area contributed by atoms with Gasteiger partial charge in [-0.1, -0.05) is 24.3 Å². The van der Waals surface area contributed by atoms with Gasteiger partial charge in [-0.15, -0.1) is 0 Å². The fraction of sp³-hybridized carbons (Fsp3) is 0.148. The second-order valence-electron chi connectivity index (χ2n) is 7.61. The zero-order valence-electron chi connectivity index (χ0n) is 18.3. The molecule has 0 radical (unpaired) electrons. The first-order valence-corrected chi connectivity index (χ1v) is 10.6. The molecule has 0 saturated carbocycles. The molecule has 1 amide bonds. The molecule has 1 N–H and O–H groups in total. The Hall–Kier alpha value is -3.93. The van der Waals surface area contributed by atoms with Crippen molar-refractivity contribution < 1.29 is 22.7 Å². The van der Waals surface area contributed by atoms with E-state index in [4.69, 9.17) is 9.15 Å². The van der Waals surface area contributed by atoms with E-state index in [1.807, 2.05) is 19.9 Å². The lowest BCUT2D eigenvalue weighted by atomic mass is 9.99. The van der Waals surface area contributed by atoms with E-state index < -0.39 is 0 Å². The van der Waals surface area contributed by atoms with Crippen LogP contribution in [0.2, 0.25) is 0 Å². The monoisotopic (exact) mass is 447 g/mol. The van der Waals surface area contributed by atoms with Crippen LogP contribution in [0.3, 0.4) is 0 Å². The normalized spacial score (nSPS) is 11.6. The summed E-state index contributed by atoms with van der Waals surface area (Å²) in [5.74, 6) is -0.300. The number of amides is 1. The van der Waals surface area contributed by atoms with Crippen LogP contribution in [-0.2, 0) is 11.3 Å². The van der Waals surface area contributed by atoms with Crippen molar-refractivity contribution in [3.63, 3.8) is 0 Å². The lowest BCUT2D eigenvalue weighted by Gasteiger charge is -2.12. The van der Waals surface area contributed by atoms with Gasteiger partial charge in [-0.3, -0.25) is 4.79 Å². The standard InChI is InChI=1S/C27H23F2NO3/c1-3-32-25-14-26-23(24(16-33-26)19-6-10-21(29)11-7-19)13-22(25)17(2)12-27(31)30-15-18-4-8-20(28)9-5-18/h4-14,16H,3,15H2,1-2H3,(H,30,31)/b17-12+. The Balaban J connectivity index is 1.64. The summed E-state index contributed by atoms with van der Waals surface area (Å²) in [6, 6.07) is 15.9. The van der Waals surface area contributed by atoms with Crippen LogP contribution in [0.4, 0.5) is 8.78 Å². The number of nitrogens with one attached hydrogen (secondary N) is 1. The van der Waals surface area contributed by atoms with Gasteiger partial charge >= 0.3 is 0 Å². The fourth-order valence-electron chi connectivity index (χ4n) is 3.61. The van der Waals surface area contributed by atoms with Gasteiger partial charge in [0.05, 0.1) is 12.9 Å². The Bertz CT molecular complexity index is 1310. The number of hydrogen-bond acceptors (Lipinski definition) is 3. The average molecular weight is 447 g/mol. The summed E-state index contributed by atoms with van der Waals surface area (Å²) >= 11 is 0. The second-order valence-corrected chi connectivity index (χ2v) is 7.61. The quantitative estimate of drug-likeness (QED) is 0.329. The molecular weight excluding hydrogens is 424 g/mol. The molecule has 0 saturated heterocycles. The summed E-state index contributed by atoms with van der Waals surface area (Å²) < 4.78 is 37.9. The number of benzene rings is 3. The number of hydrogen-bond donors (Lipinski definition) is 1. The minimum Gasteiger partial charge on any atom is -0.493 e. The summed E-state index contributed by atoms with van der Waals surface area (Å²) in [6.45, 7) is 4.46. The molecule has 0 atom stereocenters. The Morgan fingerprint density at radius 2 is 1.70 bits per heavy atom. The van der Waals surface area contributed by atoms with Gasteiger partial charge in [-0.05, 0) is 60.9 Å². The van der Waals surface area contributed by atoms with Crippen LogP contribution in [0.1, 0.15) is 25.0 Å². The van der Waals surface area contributed by atoms with Crippen LogP contribution >= 0.6 is 0 Å². The zero-order chi connectivity index (χ0) is 23.4. The molecule has 1 heterocycles. The first kappa shape index (κ1) is 22.3. The lowest BCUT2D eigenvalue weighted by molar-refractivity contribution is -0.116. The number of carbonyl (C=O) groups excluding carboxylic acids is 1. The Labute approximate surface area is 190 Å². The van der Waals surface area contributed by atoms with E-state index in [1.165, 1.54) is 30.3 Å². The van der Waals surface area contributed by atoms with Gasteiger partial charge in [0.15, 0.2) is 0 Å². The summed E-state index contributed by atoms with van der Waals surface area (Å²) in [4.78, 5) is 12.5. The minimum absolute atomic E-state index is 0.273. The highest BCUT2D eigenvalue weighted by Crippen LogP contribution is 2.37. The van der Waals surface area contributed by atoms with E-state index in [9.17, 15) is 13.6 Å². The Kier molecular flexibility index (Phi) is 6.54. The van der Waals surface area contributed by atoms with E-state index in [1.54, 1.807) is 36.6 Å². The largest absolute Gasteiger partial charge is 0.493 e. The minimum atomic E-state index is -0.320. The third kappa shape index (κ3) is 5.12. The number of ether oxygens (including phenoxy) is 1. The van der Waals surface area contributed by atoms with Crippen LogP contribution in [-0.4, -0.2) is 12.5 Å². The molecule has 0 aliphatic carbocycles. The molecule has 0 fully saturated rings. The van der Waals surface area contributed by atoms with Crippen molar-refractivity contribution >= 4 is 22.4 Å². The number of halogens is 2.